The number of carbonyl (C=O) groups is 2. The Morgan fingerprint density at radius 3 is 2.11 bits per heavy atom. The van der Waals surface area contributed by atoms with Gasteiger partial charge in [-0.05, 0) is 58.0 Å². The molecule has 190 valence electrons. The van der Waals surface area contributed by atoms with Crippen LogP contribution >= 0.6 is 0 Å². The zero-order valence-corrected chi connectivity index (χ0v) is 20.9. The van der Waals surface area contributed by atoms with E-state index in [1.54, 1.807) is 6.08 Å². The Morgan fingerprint density at radius 1 is 0.892 bits per heavy atom. The average molecular weight is 498 g/mol. The molecule has 6 heteroatoms. The van der Waals surface area contributed by atoms with Crippen molar-refractivity contribution >= 4 is 29.2 Å². The summed E-state index contributed by atoms with van der Waals surface area (Å²) in [6, 6.07) is 25.7. The highest BCUT2D eigenvalue weighted by Gasteiger charge is 2.17. The highest BCUT2D eigenvalue weighted by Crippen LogP contribution is 2.35. The lowest BCUT2D eigenvalue weighted by Gasteiger charge is -2.25. The predicted molar refractivity (Wildman–Crippen MR) is 145 cm³/mol. The fourth-order valence-corrected chi connectivity index (χ4v) is 4.40. The van der Waals surface area contributed by atoms with Crippen molar-refractivity contribution in [3.8, 4) is 5.75 Å². The van der Waals surface area contributed by atoms with Gasteiger partial charge in [0.2, 0.25) is 0 Å². The van der Waals surface area contributed by atoms with Crippen LogP contribution in [0.2, 0.25) is 0 Å². The summed E-state index contributed by atoms with van der Waals surface area (Å²) in [4.78, 5) is 25.3. The number of aliphatic carboxylic acids is 1. The fourth-order valence-electron chi connectivity index (χ4n) is 4.40. The second-order valence-electron chi connectivity index (χ2n) is 8.75. The molecule has 4 rings (SSSR count). The normalized spacial score (nSPS) is 14.8. The largest absolute Gasteiger partial charge is 0.478 e. The molecule has 0 radical (unpaired) electrons. The Bertz CT molecular complexity index is 1260. The van der Waals surface area contributed by atoms with Crippen LogP contribution in [0, 0.1) is 0 Å². The van der Waals surface area contributed by atoms with Gasteiger partial charge in [0.05, 0.1) is 19.8 Å². The van der Waals surface area contributed by atoms with Crippen molar-refractivity contribution in [2.45, 2.75) is 13.3 Å². The van der Waals surface area contributed by atoms with E-state index in [1.165, 1.54) is 5.57 Å². The summed E-state index contributed by atoms with van der Waals surface area (Å²) in [5.41, 5.74) is 6.23. The van der Waals surface area contributed by atoms with E-state index in [1.807, 2.05) is 71.6 Å². The first kappa shape index (κ1) is 26.1. The molecule has 1 saturated heterocycles. The van der Waals surface area contributed by atoms with Crippen LogP contribution in [0.3, 0.4) is 0 Å². The van der Waals surface area contributed by atoms with Gasteiger partial charge in [-0.3, -0.25) is 9.69 Å². The molecule has 3 aromatic carbocycles. The number of nitrogens with zero attached hydrogens (tertiary/aromatic N) is 1. The number of rotatable bonds is 9. The fraction of sp³-hybridized carbons (Fsp3) is 0.226. The number of benzene rings is 3. The Kier molecular flexibility index (Phi) is 9.03. The number of hydrogen-bond donors (Lipinski definition) is 1. The maximum atomic E-state index is 12.4. The van der Waals surface area contributed by atoms with Gasteiger partial charge in [0.1, 0.15) is 5.75 Å². The van der Waals surface area contributed by atoms with Gasteiger partial charge in [0.15, 0.2) is 0 Å². The van der Waals surface area contributed by atoms with Crippen LogP contribution in [0.15, 0.2) is 84.9 Å². The molecule has 1 heterocycles. The monoisotopic (exact) mass is 497 g/mol. The number of carboxylic acid groups (broad SMARTS) is 1. The van der Waals surface area contributed by atoms with Crippen LogP contribution in [0.4, 0.5) is 0 Å². The van der Waals surface area contributed by atoms with Gasteiger partial charge in [-0.25, -0.2) is 4.79 Å². The standard InChI is InChI=1S/C31H31NO5/c1-2-28(24-6-4-3-5-7-24)31(25-11-8-23(9-12-25)10-17-29(33)34)26-13-15-27(16-14-26)37-30(35)22-32-18-20-36-21-19-32/h3-17H,2,18-22H2,1H3,(H,33,34)/b17-10+,31-28-. The molecule has 37 heavy (non-hydrogen) atoms. The minimum Gasteiger partial charge on any atom is -0.478 e. The van der Waals surface area contributed by atoms with Crippen LogP contribution in [0.25, 0.3) is 17.2 Å². The van der Waals surface area contributed by atoms with E-state index < -0.39 is 5.97 Å². The molecule has 0 spiro atoms. The molecule has 1 N–H and O–H groups in total. The van der Waals surface area contributed by atoms with Crippen LogP contribution < -0.4 is 4.74 Å². The van der Waals surface area contributed by atoms with Gasteiger partial charge in [-0.1, -0.05) is 73.7 Å². The lowest BCUT2D eigenvalue weighted by molar-refractivity contribution is -0.136. The van der Waals surface area contributed by atoms with E-state index >= 15 is 0 Å². The van der Waals surface area contributed by atoms with E-state index in [0.717, 1.165) is 53.4 Å². The van der Waals surface area contributed by atoms with Crippen LogP contribution in [0.5, 0.6) is 5.75 Å². The van der Waals surface area contributed by atoms with E-state index in [-0.39, 0.29) is 12.5 Å². The predicted octanol–water partition coefficient (Wildman–Crippen LogP) is 5.39. The molecule has 1 aliphatic rings. The zero-order chi connectivity index (χ0) is 26.0. The smallest absolute Gasteiger partial charge is 0.328 e. The third-order valence-corrected chi connectivity index (χ3v) is 6.23. The molecule has 1 aliphatic heterocycles. The van der Waals surface area contributed by atoms with E-state index in [9.17, 15) is 9.59 Å². The maximum absolute atomic E-state index is 12.4. The van der Waals surface area contributed by atoms with Gasteiger partial charge in [0.25, 0.3) is 0 Å². The Morgan fingerprint density at radius 2 is 1.51 bits per heavy atom. The molecular weight excluding hydrogens is 466 g/mol. The Labute approximate surface area is 217 Å². The molecule has 3 aromatic rings. The van der Waals surface area contributed by atoms with E-state index in [2.05, 4.69) is 19.1 Å². The Balaban J connectivity index is 1.63. The number of allylic oxidation sites excluding steroid dienone is 1. The van der Waals surface area contributed by atoms with Crippen molar-refractivity contribution in [1.29, 1.82) is 0 Å². The van der Waals surface area contributed by atoms with Gasteiger partial charge < -0.3 is 14.6 Å². The number of carboxylic acids is 1. The van der Waals surface area contributed by atoms with Crippen molar-refractivity contribution in [1.82, 2.24) is 4.90 Å². The summed E-state index contributed by atoms with van der Waals surface area (Å²) in [6.07, 6.45) is 3.52. The first-order chi connectivity index (χ1) is 18.0. The summed E-state index contributed by atoms with van der Waals surface area (Å²) in [5, 5.41) is 8.92. The summed E-state index contributed by atoms with van der Waals surface area (Å²) >= 11 is 0. The quantitative estimate of drug-likeness (QED) is 0.185. The number of hydrogen-bond acceptors (Lipinski definition) is 5. The zero-order valence-electron chi connectivity index (χ0n) is 20.9. The van der Waals surface area contributed by atoms with Crippen molar-refractivity contribution < 1.29 is 24.2 Å². The molecule has 0 saturated carbocycles. The van der Waals surface area contributed by atoms with Crippen LogP contribution in [-0.2, 0) is 14.3 Å². The molecular formula is C31H31NO5. The molecule has 0 aromatic heterocycles. The third kappa shape index (κ3) is 7.26. The molecule has 0 aliphatic carbocycles. The van der Waals surface area contributed by atoms with Gasteiger partial charge in [0, 0.05) is 19.2 Å². The third-order valence-electron chi connectivity index (χ3n) is 6.23. The Hall–Kier alpha value is -4.00. The molecule has 6 nitrogen and oxygen atoms in total. The molecule has 0 unspecified atom stereocenters. The number of ether oxygens (including phenoxy) is 2. The van der Waals surface area contributed by atoms with Crippen molar-refractivity contribution in [2.24, 2.45) is 0 Å². The summed E-state index contributed by atoms with van der Waals surface area (Å²) in [6.45, 7) is 5.10. The van der Waals surface area contributed by atoms with Crippen molar-refractivity contribution in [3.05, 3.63) is 107 Å². The molecule has 0 bridgehead atoms. The second kappa shape index (κ2) is 12.8. The van der Waals surface area contributed by atoms with E-state index in [4.69, 9.17) is 14.6 Å². The van der Waals surface area contributed by atoms with Crippen molar-refractivity contribution in [3.63, 3.8) is 0 Å². The SMILES string of the molecule is CC/C(=C(\c1ccc(/C=C/C(=O)O)cc1)c1ccc(OC(=O)CN2CCOCC2)cc1)c1ccccc1. The topological polar surface area (TPSA) is 76.1 Å². The number of carbonyl (C=O) groups excluding carboxylic acids is 1. The number of morpholine rings is 1. The first-order valence-corrected chi connectivity index (χ1v) is 12.4. The summed E-state index contributed by atoms with van der Waals surface area (Å²) in [5.74, 6) is -0.755. The highest BCUT2D eigenvalue weighted by atomic mass is 16.5. The minimum atomic E-state index is -0.979. The lowest BCUT2D eigenvalue weighted by atomic mass is 9.88. The highest BCUT2D eigenvalue weighted by molar-refractivity contribution is 5.98. The average Bonchev–Trinajstić information content (AvgIpc) is 2.92. The van der Waals surface area contributed by atoms with Gasteiger partial charge in [-0.15, -0.1) is 0 Å². The summed E-state index contributed by atoms with van der Waals surface area (Å²) < 4.78 is 10.9. The van der Waals surface area contributed by atoms with E-state index in [0.29, 0.717) is 19.0 Å². The number of esters is 1. The molecule has 0 atom stereocenters. The van der Waals surface area contributed by atoms with Crippen LogP contribution in [-0.4, -0.2) is 54.8 Å². The molecule has 1 fully saturated rings. The molecule has 0 amide bonds. The first-order valence-electron chi connectivity index (χ1n) is 12.4. The van der Waals surface area contributed by atoms with Crippen LogP contribution in [0.1, 0.15) is 35.6 Å². The lowest BCUT2D eigenvalue weighted by Crippen LogP contribution is -2.40. The van der Waals surface area contributed by atoms with Gasteiger partial charge in [-0.2, -0.15) is 0 Å². The van der Waals surface area contributed by atoms with Crippen molar-refractivity contribution in [2.75, 3.05) is 32.8 Å². The minimum absolute atomic E-state index is 0.243. The summed E-state index contributed by atoms with van der Waals surface area (Å²) in [7, 11) is 0. The maximum Gasteiger partial charge on any atom is 0.328 e. The van der Waals surface area contributed by atoms with Gasteiger partial charge >= 0.3 is 11.9 Å². The second-order valence-corrected chi connectivity index (χ2v) is 8.75.